The van der Waals surface area contributed by atoms with Crippen LogP contribution in [0.4, 0.5) is 0 Å². The molecule has 0 fully saturated rings. The van der Waals surface area contributed by atoms with Crippen molar-refractivity contribution < 1.29 is 0 Å². The smallest absolute Gasteiger partial charge is 0.0993 e. The van der Waals surface area contributed by atoms with E-state index in [1.807, 2.05) is 24.3 Å². The molecule has 2 aromatic rings. The van der Waals surface area contributed by atoms with Crippen molar-refractivity contribution in [3.8, 4) is 6.07 Å². The topological polar surface area (TPSA) is 36.7 Å². The summed E-state index contributed by atoms with van der Waals surface area (Å²) < 4.78 is 0. The van der Waals surface area contributed by atoms with Crippen molar-refractivity contribution in [2.24, 2.45) is 0 Å². The number of pyridine rings is 1. The van der Waals surface area contributed by atoms with Gasteiger partial charge in [-0.15, -0.1) is 11.8 Å². The number of nitriles is 1. The summed E-state index contributed by atoms with van der Waals surface area (Å²) in [5.41, 5.74) is 1.78. The number of halogens is 1. The van der Waals surface area contributed by atoms with Crippen molar-refractivity contribution >= 4 is 23.4 Å². The highest BCUT2D eigenvalue weighted by Gasteiger charge is 1.99. The van der Waals surface area contributed by atoms with E-state index in [0.29, 0.717) is 5.56 Å². The molecule has 0 radical (unpaired) electrons. The summed E-state index contributed by atoms with van der Waals surface area (Å²) >= 11 is 7.50. The molecule has 4 heteroatoms. The molecule has 1 heterocycles. The molecule has 0 spiro atoms. The average Bonchev–Trinajstić information content (AvgIpc) is 2.37. The van der Waals surface area contributed by atoms with Gasteiger partial charge >= 0.3 is 0 Å². The molecular weight excluding hydrogens is 252 g/mol. The molecule has 0 N–H and O–H groups in total. The van der Waals surface area contributed by atoms with Crippen molar-refractivity contribution in [1.82, 2.24) is 4.98 Å². The van der Waals surface area contributed by atoms with Gasteiger partial charge in [0, 0.05) is 17.0 Å². The zero-order chi connectivity index (χ0) is 12.1. The number of thioether (sulfide) groups is 1. The van der Waals surface area contributed by atoms with E-state index in [4.69, 9.17) is 16.9 Å². The molecule has 84 valence electrons. The second-order valence-corrected chi connectivity index (χ2v) is 4.85. The Morgan fingerprint density at radius 1 is 1.29 bits per heavy atom. The minimum atomic E-state index is 0.633. The molecular formula is C13H9ClN2S. The first-order valence-corrected chi connectivity index (χ1v) is 6.38. The Kier molecular flexibility index (Phi) is 4.03. The number of benzene rings is 1. The summed E-state index contributed by atoms with van der Waals surface area (Å²) in [6, 6.07) is 13.3. The van der Waals surface area contributed by atoms with Crippen molar-refractivity contribution in [1.29, 1.82) is 5.26 Å². The normalized spacial score (nSPS) is 9.88. The van der Waals surface area contributed by atoms with E-state index in [1.165, 1.54) is 0 Å². The molecule has 17 heavy (non-hydrogen) atoms. The van der Waals surface area contributed by atoms with E-state index in [-0.39, 0.29) is 0 Å². The summed E-state index contributed by atoms with van der Waals surface area (Å²) in [7, 11) is 0. The van der Waals surface area contributed by atoms with Crippen molar-refractivity contribution in [2.75, 3.05) is 0 Å². The Morgan fingerprint density at radius 2 is 2.18 bits per heavy atom. The summed E-state index contributed by atoms with van der Waals surface area (Å²) in [6.45, 7) is 0. The third kappa shape index (κ3) is 3.48. The zero-order valence-corrected chi connectivity index (χ0v) is 10.5. The first-order valence-electron chi connectivity index (χ1n) is 5.01. The lowest BCUT2D eigenvalue weighted by molar-refractivity contribution is 1.12. The van der Waals surface area contributed by atoms with Crippen molar-refractivity contribution in [2.45, 2.75) is 10.8 Å². The van der Waals surface area contributed by atoms with Gasteiger partial charge in [-0.1, -0.05) is 23.7 Å². The van der Waals surface area contributed by atoms with E-state index < -0.39 is 0 Å². The average molecular weight is 261 g/mol. The van der Waals surface area contributed by atoms with Gasteiger partial charge in [0.25, 0.3) is 0 Å². The van der Waals surface area contributed by atoms with Gasteiger partial charge in [-0.05, 0) is 29.8 Å². The fraction of sp³-hybridized carbons (Fsp3) is 0.0769. The van der Waals surface area contributed by atoms with Gasteiger partial charge in [-0.25, -0.2) is 4.98 Å². The molecule has 0 saturated heterocycles. The highest BCUT2D eigenvalue weighted by Crippen LogP contribution is 2.22. The molecule has 0 aliphatic rings. The molecule has 0 amide bonds. The number of aromatic nitrogens is 1. The summed E-state index contributed by atoms with van der Waals surface area (Å²) in [6.07, 6.45) is 1.65. The molecule has 0 atom stereocenters. The van der Waals surface area contributed by atoms with Gasteiger partial charge in [0.2, 0.25) is 0 Å². The second kappa shape index (κ2) is 5.72. The lowest BCUT2D eigenvalue weighted by Crippen LogP contribution is -1.84. The van der Waals surface area contributed by atoms with Crippen LogP contribution in [-0.4, -0.2) is 4.98 Å². The van der Waals surface area contributed by atoms with E-state index in [0.717, 1.165) is 21.4 Å². The molecule has 0 bridgehead atoms. The minimum absolute atomic E-state index is 0.633. The Hall–Kier alpha value is -1.50. The van der Waals surface area contributed by atoms with Crippen LogP contribution in [0.3, 0.4) is 0 Å². The monoisotopic (exact) mass is 260 g/mol. The molecule has 1 aromatic carbocycles. The summed E-state index contributed by atoms with van der Waals surface area (Å²) in [5.74, 6) is 0.794. The van der Waals surface area contributed by atoms with Gasteiger partial charge in [-0.3, -0.25) is 0 Å². The van der Waals surface area contributed by atoms with Crippen molar-refractivity contribution in [3.05, 3.63) is 58.7 Å². The quantitative estimate of drug-likeness (QED) is 0.786. The van der Waals surface area contributed by atoms with Crippen LogP contribution in [0.1, 0.15) is 11.1 Å². The van der Waals surface area contributed by atoms with Crippen molar-refractivity contribution in [3.63, 3.8) is 0 Å². The number of nitrogens with zero attached hydrogens (tertiary/aromatic N) is 2. The molecule has 0 aliphatic carbocycles. The number of hydrogen-bond donors (Lipinski definition) is 0. The fourth-order valence-electron chi connectivity index (χ4n) is 1.34. The van der Waals surface area contributed by atoms with E-state index in [2.05, 4.69) is 11.1 Å². The molecule has 2 rings (SSSR count). The maximum atomic E-state index is 8.78. The number of rotatable bonds is 3. The zero-order valence-electron chi connectivity index (χ0n) is 8.93. The predicted molar refractivity (Wildman–Crippen MR) is 70.0 cm³/mol. The Bertz CT molecular complexity index is 563. The lowest BCUT2D eigenvalue weighted by atomic mass is 10.2. The van der Waals surface area contributed by atoms with Gasteiger partial charge in [0.05, 0.1) is 16.7 Å². The maximum absolute atomic E-state index is 8.78. The molecule has 2 nitrogen and oxygen atoms in total. The lowest BCUT2D eigenvalue weighted by Gasteiger charge is -2.02. The van der Waals surface area contributed by atoms with Crippen LogP contribution >= 0.6 is 23.4 Å². The highest BCUT2D eigenvalue weighted by atomic mass is 35.5. The third-order valence-electron chi connectivity index (χ3n) is 2.14. The Balaban J connectivity index is 2.05. The maximum Gasteiger partial charge on any atom is 0.0993 e. The molecule has 0 unspecified atom stereocenters. The molecule has 0 saturated carbocycles. The van der Waals surface area contributed by atoms with Crippen LogP contribution in [0.25, 0.3) is 0 Å². The standard InChI is InChI=1S/C13H9ClN2S/c14-12-3-1-2-11(6-12)9-17-13-7-10(8-15)4-5-16-13/h1-7H,9H2. The van der Waals surface area contributed by atoms with Crippen LogP contribution in [0.5, 0.6) is 0 Å². The SMILES string of the molecule is N#Cc1ccnc(SCc2cccc(Cl)c2)c1. The van der Waals surface area contributed by atoms with E-state index in [1.54, 1.807) is 30.1 Å². The van der Waals surface area contributed by atoms with Crippen LogP contribution in [0, 0.1) is 11.3 Å². The number of hydrogen-bond acceptors (Lipinski definition) is 3. The molecule has 1 aromatic heterocycles. The van der Waals surface area contributed by atoms with Gasteiger partial charge in [-0.2, -0.15) is 5.26 Å². The third-order valence-corrected chi connectivity index (χ3v) is 3.37. The van der Waals surface area contributed by atoms with Crippen LogP contribution in [0.2, 0.25) is 5.02 Å². The minimum Gasteiger partial charge on any atom is -0.250 e. The second-order valence-electron chi connectivity index (χ2n) is 3.41. The van der Waals surface area contributed by atoms with E-state index >= 15 is 0 Å². The Morgan fingerprint density at radius 3 is 2.94 bits per heavy atom. The highest BCUT2D eigenvalue weighted by molar-refractivity contribution is 7.98. The Labute approximate surface area is 109 Å². The van der Waals surface area contributed by atoms with E-state index in [9.17, 15) is 0 Å². The molecule has 0 aliphatic heterocycles. The van der Waals surface area contributed by atoms with Gasteiger partial charge < -0.3 is 0 Å². The van der Waals surface area contributed by atoms with Crippen LogP contribution in [-0.2, 0) is 5.75 Å². The van der Waals surface area contributed by atoms with Crippen LogP contribution in [0.15, 0.2) is 47.6 Å². The fourth-order valence-corrected chi connectivity index (χ4v) is 2.39. The summed E-state index contributed by atoms with van der Waals surface area (Å²) in [4.78, 5) is 4.20. The van der Waals surface area contributed by atoms with Gasteiger partial charge in [0.1, 0.15) is 0 Å². The summed E-state index contributed by atoms with van der Waals surface area (Å²) in [5, 5.41) is 10.4. The van der Waals surface area contributed by atoms with Gasteiger partial charge in [0.15, 0.2) is 0 Å². The van der Waals surface area contributed by atoms with Crippen LogP contribution < -0.4 is 0 Å². The first-order chi connectivity index (χ1) is 8.28. The predicted octanol–water partition coefficient (Wildman–Crippen LogP) is 3.90. The largest absolute Gasteiger partial charge is 0.250 e. The first kappa shape index (κ1) is 12.0.